The molecule has 0 aliphatic carbocycles. The zero-order chi connectivity index (χ0) is 11.4. The molecule has 16 heavy (non-hydrogen) atoms. The van der Waals surface area contributed by atoms with Crippen molar-refractivity contribution in [3.8, 4) is 0 Å². The molecule has 82 valence electrons. The third-order valence-electron chi connectivity index (χ3n) is 1.98. The lowest BCUT2D eigenvalue weighted by molar-refractivity contribution is 0.102. The lowest BCUT2D eigenvalue weighted by Gasteiger charge is -1.99. The van der Waals surface area contributed by atoms with Gasteiger partial charge in [0.1, 0.15) is 0 Å². The summed E-state index contributed by atoms with van der Waals surface area (Å²) in [4.78, 5) is 18.7. The van der Waals surface area contributed by atoms with Gasteiger partial charge in [0.25, 0.3) is 0 Å². The summed E-state index contributed by atoms with van der Waals surface area (Å²) in [5.41, 5.74) is 0.670. The Morgan fingerprint density at radius 1 is 1.38 bits per heavy atom. The van der Waals surface area contributed by atoms with E-state index in [0.717, 1.165) is 5.16 Å². The number of Topliss-reactive ketones (excluding diaryl/α,β-unsaturated/α-hetero) is 1. The molecule has 1 aromatic heterocycles. The smallest absolute Gasteiger partial charge is 0.173 e. The van der Waals surface area contributed by atoms with Gasteiger partial charge < -0.3 is 4.98 Å². The average molecular weight is 253 g/mol. The quantitative estimate of drug-likeness (QED) is 0.672. The number of halogens is 1. The number of H-pyrrole nitrogens is 1. The van der Waals surface area contributed by atoms with E-state index in [-0.39, 0.29) is 5.78 Å². The van der Waals surface area contributed by atoms with Crippen LogP contribution in [-0.2, 0) is 0 Å². The van der Waals surface area contributed by atoms with E-state index >= 15 is 0 Å². The minimum atomic E-state index is 0.0677. The summed E-state index contributed by atoms with van der Waals surface area (Å²) >= 11 is 7.13. The molecule has 0 radical (unpaired) electrons. The molecule has 0 aliphatic rings. The molecule has 0 amide bonds. The SMILES string of the molecule is O=C(CSc1ncc[nH]1)c1ccc(Cl)cc1. The topological polar surface area (TPSA) is 45.8 Å². The van der Waals surface area contributed by atoms with Gasteiger partial charge in [-0.05, 0) is 24.3 Å². The van der Waals surface area contributed by atoms with E-state index in [4.69, 9.17) is 11.6 Å². The number of rotatable bonds is 4. The van der Waals surface area contributed by atoms with Crippen molar-refractivity contribution in [3.05, 3.63) is 47.2 Å². The number of nitrogens with one attached hydrogen (secondary N) is 1. The Kier molecular flexibility index (Phi) is 3.64. The van der Waals surface area contributed by atoms with Crippen molar-refractivity contribution < 1.29 is 4.79 Å². The van der Waals surface area contributed by atoms with Crippen LogP contribution in [0.5, 0.6) is 0 Å². The minimum absolute atomic E-state index is 0.0677. The number of hydrogen-bond donors (Lipinski definition) is 1. The number of imidazole rings is 1. The van der Waals surface area contributed by atoms with Crippen molar-refractivity contribution in [3.63, 3.8) is 0 Å². The summed E-state index contributed by atoms with van der Waals surface area (Å²) in [7, 11) is 0. The molecule has 2 rings (SSSR count). The monoisotopic (exact) mass is 252 g/mol. The highest BCUT2D eigenvalue weighted by Gasteiger charge is 2.07. The Labute approximate surface area is 102 Å². The molecule has 1 aromatic carbocycles. The van der Waals surface area contributed by atoms with E-state index in [1.54, 1.807) is 36.7 Å². The van der Waals surface area contributed by atoms with Crippen LogP contribution in [0.1, 0.15) is 10.4 Å². The van der Waals surface area contributed by atoms with E-state index in [1.165, 1.54) is 11.8 Å². The fourth-order valence-electron chi connectivity index (χ4n) is 1.18. The van der Waals surface area contributed by atoms with Crippen molar-refractivity contribution in [2.45, 2.75) is 5.16 Å². The molecule has 0 fully saturated rings. The van der Waals surface area contributed by atoms with Crippen LogP contribution >= 0.6 is 23.4 Å². The normalized spacial score (nSPS) is 10.3. The first-order valence-corrected chi connectivity index (χ1v) is 6.03. The largest absolute Gasteiger partial charge is 0.340 e. The summed E-state index contributed by atoms with van der Waals surface area (Å²) < 4.78 is 0. The molecule has 2 aromatic rings. The highest BCUT2D eigenvalue weighted by Crippen LogP contribution is 2.15. The number of thioether (sulfide) groups is 1. The summed E-state index contributed by atoms with van der Waals surface area (Å²) in [5, 5.41) is 1.39. The van der Waals surface area contributed by atoms with Gasteiger partial charge in [-0.1, -0.05) is 23.4 Å². The second kappa shape index (κ2) is 5.18. The van der Waals surface area contributed by atoms with Gasteiger partial charge in [0, 0.05) is 23.0 Å². The van der Waals surface area contributed by atoms with Crippen molar-refractivity contribution in [2.75, 3.05) is 5.75 Å². The fraction of sp³-hybridized carbons (Fsp3) is 0.0909. The average Bonchev–Trinajstić information content (AvgIpc) is 2.80. The van der Waals surface area contributed by atoms with Gasteiger partial charge in [0.05, 0.1) is 5.75 Å². The number of aromatic amines is 1. The van der Waals surface area contributed by atoms with E-state index < -0.39 is 0 Å². The third kappa shape index (κ3) is 2.87. The van der Waals surface area contributed by atoms with Crippen molar-refractivity contribution in [1.29, 1.82) is 0 Å². The fourth-order valence-corrected chi connectivity index (χ4v) is 2.03. The maximum atomic E-state index is 11.7. The van der Waals surface area contributed by atoms with E-state index in [1.807, 2.05) is 0 Å². The molecular formula is C11H9ClN2OS. The molecule has 0 aliphatic heterocycles. The lowest BCUT2D eigenvalue weighted by atomic mass is 10.1. The number of nitrogens with zero attached hydrogens (tertiary/aromatic N) is 1. The summed E-state index contributed by atoms with van der Waals surface area (Å²) in [5.74, 6) is 0.438. The van der Waals surface area contributed by atoms with Crippen LogP contribution in [0.3, 0.4) is 0 Å². The predicted octanol–water partition coefficient (Wildman–Crippen LogP) is 3.04. The maximum absolute atomic E-state index is 11.7. The molecule has 0 spiro atoms. The Morgan fingerprint density at radius 3 is 2.75 bits per heavy atom. The van der Waals surface area contributed by atoms with E-state index in [9.17, 15) is 4.79 Å². The maximum Gasteiger partial charge on any atom is 0.173 e. The first kappa shape index (κ1) is 11.2. The summed E-state index contributed by atoms with van der Waals surface area (Å²) in [6, 6.07) is 6.89. The number of ketones is 1. The molecular weight excluding hydrogens is 244 g/mol. The number of benzene rings is 1. The van der Waals surface area contributed by atoms with Gasteiger partial charge in [-0.25, -0.2) is 4.98 Å². The Balaban J connectivity index is 1.95. The van der Waals surface area contributed by atoms with Gasteiger partial charge in [0.2, 0.25) is 0 Å². The summed E-state index contributed by atoms with van der Waals surface area (Å²) in [6.45, 7) is 0. The van der Waals surface area contributed by atoms with E-state index in [0.29, 0.717) is 16.3 Å². The standard InChI is InChI=1S/C11H9ClN2OS/c12-9-3-1-8(2-4-9)10(15)7-16-11-13-5-6-14-11/h1-6H,7H2,(H,13,14). The van der Waals surface area contributed by atoms with Gasteiger partial charge in [-0.2, -0.15) is 0 Å². The molecule has 1 heterocycles. The first-order valence-electron chi connectivity index (χ1n) is 4.66. The van der Waals surface area contributed by atoms with Gasteiger partial charge in [0.15, 0.2) is 10.9 Å². The Morgan fingerprint density at radius 2 is 2.12 bits per heavy atom. The van der Waals surface area contributed by atoms with Crippen molar-refractivity contribution in [1.82, 2.24) is 9.97 Å². The molecule has 0 unspecified atom stereocenters. The van der Waals surface area contributed by atoms with Gasteiger partial charge >= 0.3 is 0 Å². The molecule has 0 saturated heterocycles. The van der Waals surface area contributed by atoms with Crippen LogP contribution < -0.4 is 0 Å². The van der Waals surface area contributed by atoms with Crippen molar-refractivity contribution >= 4 is 29.1 Å². The molecule has 3 nitrogen and oxygen atoms in total. The van der Waals surface area contributed by atoms with Crippen molar-refractivity contribution in [2.24, 2.45) is 0 Å². The third-order valence-corrected chi connectivity index (χ3v) is 3.13. The molecule has 0 atom stereocenters. The number of carbonyl (C=O) groups is 1. The molecule has 0 bridgehead atoms. The number of carbonyl (C=O) groups excluding carboxylic acids is 1. The first-order chi connectivity index (χ1) is 7.75. The molecule has 0 saturated carbocycles. The second-order valence-corrected chi connectivity index (χ2v) is 4.51. The molecule has 5 heteroatoms. The Bertz CT molecular complexity index is 467. The zero-order valence-electron chi connectivity index (χ0n) is 8.31. The lowest BCUT2D eigenvalue weighted by Crippen LogP contribution is -2.02. The Hall–Kier alpha value is -1.26. The van der Waals surface area contributed by atoms with Gasteiger partial charge in [-0.3, -0.25) is 4.79 Å². The van der Waals surface area contributed by atoms with Crippen LogP contribution in [0.15, 0.2) is 41.8 Å². The van der Waals surface area contributed by atoms with Crippen LogP contribution in [0, 0.1) is 0 Å². The van der Waals surface area contributed by atoms with Crippen LogP contribution in [-0.4, -0.2) is 21.5 Å². The zero-order valence-corrected chi connectivity index (χ0v) is 9.89. The number of aromatic nitrogens is 2. The minimum Gasteiger partial charge on any atom is -0.340 e. The van der Waals surface area contributed by atoms with Crippen LogP contribution in [0.4, 0.5) is 0 Å². The van der Waals surface area contributed by atoms with Gasteiger partial charge in [-0.15, -0.1) is 0 Å². The van der Waals surface area contributed by atoms with Crippen LogP contribution in [0.2, 0.25) is 5.02 Å². The summed E-state index contributed by atoms with van der Waals surface area (Å²) in [6.07, 6.45) is 3.39. The highest BCUT2D eigenvalue weighted by atomic mass is 35.5. The molecule has 1 N–H and O–H groups in total. The predicted molar refractivity (Wildman–Crippen MR) is 65.1 cm³/mol. The highest BCUT2D eigenvalue weighted by molar-refractivity contribution is 7.99. The van der Waals surface area contributed by atoms with Crippen LogP contribution in [0.25, 0.3) is 0 Å². The van der Waals surface area contributed by atoms with E-state index in [2.05, 4.69) is 9.97 Å². The second-order valence-electron chi connectivity index (χ2n) is 3.11. The number of hydrogen-bond acceptors (Lipinski definition) is 3.